The highest BCUT2D eigenvalue weighted by atomic mass is 32.2. The van der Waals surface area contributed by atoms with Crippen LogP contribution in [0.5, 0.6) is 5.75 Å². The predicted molar refractivity (Wildman–Crippen MR) is 100 cm³/mol. The molecule has 6 heteroatoms. The average molecular weight is 354 g/mol. The van der Waals surface area contributed by atoms with Gasteiger partial charge in [0.05, 0.1) is 7.11 Å². The van der Waals surface area contributed by atoms with Crippen LogP contribution in [0.1, 0.15) is 31.9 Å². The normalized spacial score (nSPS) is 11.5. The maximum atomic E-state index is 5.41. The van der Waals surface area contributed by atoms with Crippen LogP contribution in [0.15, 0.2) is 53.7 Å². The van der Waals surface area contributed by atoms with Crippen molar-refractivity contribution in [3.05, 3.63) is 59.7 Å². The van der Waals surface area contributed by atoms with E-state index in [1.54, 1.807) is 23.6 Å². The lowest BCUT2D eigenvalue weighted by Gasteiger charge is -2.19. The molecule has 0 atom stereocenters. The molecule has 130 valence electrons. The Bertz CT molecular complexity index is 837. The van der Waals surface area contributed by atoms with Crippen LogP contribution >= 0.6 is 11.8 Å². The van der Waals surface area contributed by atoms with Gasteiger partial charge in [0.25, 0.3) is 0 Å². The van der Waals surface area contributed by atoms with Crippen molar-refractivity contribution in [1.29, 1.82) is 0 Å². The quantitative estimate of drug-likeness (QED) is 0.641. The number of nitrogens with zero attached hydrogens (tertiary/aromatic N) is 4. The van der Waals surface area contributed by atoms with Crippen molar-refractivity contribution in [1.82, 2.24) is 20.2 Å². The minimum atomic E-state index is 0.166. The molecule has 0 unspecified atom stereocenters. The van der Waals surface area contributed by atoms with Gasteiger partial charge in [-0.05, 0) is 39.1 Å². The van der Waals surface area contributed by atoms with Crippen molar-refractivity contribution in [2.45, 2.75) is 37.1 Å². The summed E-state index contributed by atoms with van der Waals surface area (Å²) in [5.41, 5.74) is 3.58. The van der Waals surface area contributed by atoms with E-state index >= 15 is 0 Å². The number of aromatic nitrogens is 4. The van der Waals surface area contributed by atoms with Gasteiger partial charge in [-0.1, -0.05) is 68.9 Å². The zero-order valence-corrected chi connectivity index (χ0v) is 15.7. The lowest BCUT2D eigenvalue weighted by molar-refractivity contribution is 0.410. The first kappa shape index (κ1) is 17.5. The zero-order valence-electron chi connectivity index (χ0n) is 14.9. The highest BCUT2D eigenvalue weighted by molar-refractivity contribution is 7.98. The fraction of sp³-hybridized carbons (Fsp3) is 0.316. The van der Waals surface area contributed by atoms with Crippen molar-refractivity contribution < 1.29 is 4.74 Å². The second kappa shape index (κ2) is 7.27. The SMILES string of the molecule is COc1ccccc1-n1nnnc1SCc1ccc(C(C)(C)C)cc1. The van der Waals surface area contributed by atoms with Gasteiger partial charge in [-0.3, -0.25) is 0 Å². The number of hydrogen-bond acceptors (Lipinski definition) is 5. The van der Waals surface area contributed by atoms with E-state index in [0.717, 1.165) is 22.3 Å². The average Bonchev–Trinajstić information content (AvgIpc) is 3.08. The highest BCUT2D eigenvalue weighted by Crippen LogP contribution is 2.28. The third kappa shape index (κ3) is 4.02. The molecule has 0 aliphatic carbocycles. The number of tetrazole rings is 1. The maximum absolute atomic E-state index is 5.41. The maximum Gasteiger partial charge on any atom is 0.214 e. The summed E-state index contributed by atoms with van der Waals surface area (Å²) in [4.78, 5) is 0. The number of para-hydroxylation sites is 2. The molecule has 1 aromatic heterocycles. The minimum absolute atomic E-state index is 0.166. The summed E-state index contributed by atoms with van der Waals surface area (Å²) < 4.78 is 7.12. The Morgan fingerprint density at radius 3 is 2.44 bits per heavy atom. The Hall–Kier alpha value is -2.34. The smallest absolute Gasteiger partial charge is 0.214 e. The van der Waals surface area contributed by atoms with Crippen LogP contribution in [0.3, 0.4) is 0 Å². The molecule has 0 N–H and O–H groups in total. The molecule has 0 aliphatic heterocycles. The molecule has 0 saturated heterocycles. The van der Waals surface area contributed by atoms with E-state index in [1.165, 1.54) is 11.1 Å². The predicted octanol–water partition coefficient (Wildman–Crippen LogP) is 4.26. The minimum Gasteiger partial charge on any atom is -0.494 e. The standard InChI is InChI=1S/C19H22N4OS/c1-19(2,3)15-11-9-14(10-12-15)13-25-18-20-21-22-23(18)16-7-5-6-8-17(16)24-4/h5-12H,13H2,1-4H3. The van der Waals surface area contributed by atoms with Crippen molar-refractivity contribution >= 4 is 11.8 Å². The van der Waals surface area contributed by atoms with Gasteiger partial charge in [0.1, 0.15) is 11.4 Å². The summed E-state index contributed by atoms with van der Waals surface area (Å²) in [7, 11) is 1.65. The Balaban J connectivity index is 1.76. The summed E-state index contributed by atoms with van der Waals surface area (Å²) in [5.74, 6) is 1.55. The monoisotopic (exact) mass is 354 g/mol. The van der Waals surface area contributed by atoms with Crippen molar-refractivity contribution in [2.24, 2.45) is 0 Å². The first-order valence-corrected chi connectivity index (χ1v) is 9.11. The molecule has 1 heterocycles. The van der Waals surface area contributed by atoms with Gasteiger partial charge in [0.2, 0.25) is 5.16 Å². The molecule has 0 saturated carbocycles. The van der Waals surface area contributed by atoms with Crippen molar-refractivity contribution in [3.8, 4) is 11.4 Å². The Kier molecular flexibility index (Phi) is 5.08. The van der Waals surface area contributed by atoms with Crippen molar-refractivity contribution in [2.75, 3.05) is 7.11 Å². The second-order valence-electron chi connectivity index (χ2n) is 6.78. The second-order valence-corrected chi connectivity index (χ2v) is 7.72. The van der Waals surface area contributed by atoms with Crippen LogP contribution in [0.4, 0.5) is 0 Å². The molecule has 0 spiro atoms. The number of ether oxygens (including phenoxy) is 1. The van der Waals surface area contributed by atoms with E-state index in [2.05, 4.69) is 60.6 Å². The Morgan fingerprint density at radius 1 is 1.04 bits per heavy atom. The zero-order chi connectivity index (χ0) is 17.9. The van der Waals surface area contributed by atoms with Gasteiger partial charge in [-0.2, -0.15) is 4.68 Å². The van der Waals surface area contributed by atoms with Crippen LogP contribution in [0.2, 0.25) is 0 Å². The third-order valence-electron chi connectivity index (χ3n) is 3.94. The lowest BCUT2D eigenvalue weighted by Crippen LogP contribution is -2.10. The van der Waals surface area contributed by atoms with Crippen LogP contribution in [-0.4, -0.2) is 27.3 Å². The van der Waals surface area contributed by atoms with Crippen molar-refractivity contribution in [3.63, 3.8) is 0 Å². The van der Waals surface area contributed by atoms with Gasteiger partial charge in [-0.15, -0.1) is 5.10 Å². The largest absolute Gasteiger partial charge is 0.494 e. The molecule has 25 heavy (non-hydrogen) atoms. The van der Waals surface area contributed by atoms with Crippen LogP contribution in [0.25, 0.3) is 5.69 Å². The molecule has 2 aromatic carbocycles. The topological polar surface area (TPSA) is 52.8 Å². The van der Waals surface area contributed by atoms with Gasteiger partial charge in [0, 0.05) is 5.75 Å². The summed E-state index contributed by atoms with van der Waals surface area (Å²) in [6.07, 6.45) is 0. The third-order valence-corrected chi connectivity index (χ3v) is 4.93. The van der Waals surface area contributed by atoms with Crippen LogP contribution in [0, 0.1) is 0 Å². The fourth-order valence-corrected chi connectivity index (χ4v) is 3.31. The first-order chi connectivity index (χ1) is 12.0. The molecule has 5 nitrogen and oxygen atoms in total. The summed E-state index contributed by atoms with van der Waals surface area (Å²) in [6.45, 7) is 6.66. The molecule has 0 radical (unpaired) electrons. The van der Waals surface area contributed by atoms with E-state index in [-0.39, 0.29) is 5.41 Å². The van der Waals surface area contributed by atoms with E-state index in [9.17, 15) is 0 Å². The van der Waals surface area contributed by atoms with Gasteiger partial charge in [-0.25, -0.2) is 0 Å². The van der Waals surface area contributed by atoms with E-state index in [1.807, 2.05) is 24.3 Å². The Morgan fingerprint density at radius 2 is 1.76 bits per heavy atom. The number of rotatable bonds is 5. The number of methoxy groups -OCH3 is 1. The highest BCUT2D eigenvalue weighted by Gasteiger charge is 2.15. The molecule has 3 rings (SSSR count). The molecule has 0 aliphatic rings. The number of thioether (sulfide) groups is 1. The molecule has 0 bridgehead atoms. The lowest BCUT2D eigenvalue weighted by atomic mass is 9.87. The summed E-state index contributed by atoms with van der Waals surface area (Å²) in [5, 5.41) is 12.8. The Labute approximate surface area is 152 Å². The molecule has 0 fully saturated rings. The van der Waals surface area contributed by atoms with Crippen LogP contribution in [-0.2, 0) is 11.2 Å². The van der Waals surface area contributed by atoms with Crippen LogP contribution < -0.4 is 4.74 Å². The first-order valence-electron chi connectivity index (χ1n) is 8.13. The van der Waals surface area contributed by atoms with Gasteiger partial charge in [0.15, 0.2) is 0 Å². The molecule has 3 aromatic rings. The molecule has 0 amide bonds. The number of hydrogen-bond donors (Lipinski definition) is 0. The summed E-state index contributed by atoms with van der Waals surface area (Å²) in [6, 6.07) is 16.4. The van der Waals surface area contributed by atoms with E-state index in [4.69, 9.17) is 4.74 Å². The van der Waals surface area contributed by atoms with Gasteiger partial charge >= 0.3 is 0 Å². The fourth-order valence-electron chi connectivity index (χ4n) is 2.47. The molecular weight excluding hydrogens is 332 g/mol. The van der Waals surface area contributed by atoms with Gasteiger partial charge < -0.3 is 4.74 Å². The van der Waals surface area contributed by atoms with E-state index in [0.29, 0.717) is 0 Å². The summed E-state index contributed by atoms with van der Waals surface area (Å²) >= 11 is 1.61. The molecular formula is C19H22N4OS. The van der Waals surface area contributed by atoms with E-state index < -0.39 is 0 Å². The number of benzene rings is 2.